The monoisotopic (exact) mass is 259 g/mol. The van der Waals surface area contributed by atoms with Crippen LogP contribution in [0.25, 0.3) is 0 Å². The molecular formula is C12H18ClNOS. The zero-order valence-corrected chi connectivity index (χ0v) is 11.1. The van der Waals surface area contributed by atoms with Crippen molar-refractivity contribution in [1.82, 2.24) is 4.90 Å². The zero-order chi connectivity index (χ0) is 12.0. The molecule has 2 nitrogen and oxygen atoms in total. The van der Waals surface area contributed by atoms with E-state index in [0.29, 0.717) is 6.54 Å². The van der Waals surface area contributed by atoms with Crippen molar-refractivity contribution in [1.29, 1.82) is 0 Å². The van der Waals surface area contributed by atoms with Gasteiger partial charge >= 0.3 is 0 Å². The quantitative estimate of drug-likeness (QED) is 0.761. The van der Waals surface area contributed by atoms with Gasteiger partial charge < -0.3 is 5.11 Å². The molecule has 0 aliphatic heterocycles. The third kappa shape index (κ3) is 4.66. The van der Waals surface area contributed by atoms with E-state index in [1.807, 2.05) is 25.1 Å². The van der Waals surface area contributed by atoms with Crippen molar-refractivity contribution in [2.75, 3.05) is 13.1 Å². The zero-order valence-electron chi connectivity index (χ0n) is 9.53. The van der Waals surface area contributed by atoms with Crippen LogP contribution in [0.2, 0.25) is 4.34 Å². The van der Waals surface area contributed by atoms with Crippen molar-refractivity contribution < 1.29 is 5.11 Å². The molecule has 0 saturated carbocycles. The molecular weight excluding hydrogens is 242 g/mol. The summed E-state index contributed by atoms with van der Waals surface area (Å²) in [6, 6.07) is 3.94. The van der Waals surface area contributed by atoms with E-state index >= 15 is 0 Å². The van der Waals surface area contributed by atoms with E-state index in [0.717, 1.165) is 23.8 Å². The highest BCUT2D eigenvalue weighted by molar-refractivity contribution is 7.16. The van der Waals surface area contributed by atoms with Crippen LogP contribution in [-0.2, 0) is 6.54 Å². The Balaban J connectivity index is 2.53. The van der Waals surface area contributed by atoms with Crippen molar-refractivity contribution in [2.24, 2.45) is 0 Å². The van der Waals surface area contributed by atoms with Crippen LogP contribution < -0.4 is 0 Å². The first-order chi connectivity index (χ1) is 7.65. The topological polar surface area (TPSA) is 23.5 Å². The fourth-order valence-corrected chi connectivity index (χ4v) is 2.60. The molecule has 0 aliphatic rings. The van der Waals surface area contributed by atoms with Crippen LogP contribution in [0.1, 0.15) is 18.2 Å². The van der Waals surface area contributed by atoms with E-state index < -0.39 is 0 Å². The van der Waals surface area contributed by atoms with Gasteiger partial charge in [-0.25, -0.2) is 0 Å². The Morgan fingerprint density at radius 2 is 2.38 bits per heavy atom. The Bertz CT molecular complexity index is 327. The minimum atomic E-state index is -0.268. The summed E-state index contributed by atoms with van der Waals surface area (Å²) in [6.07, 6.45) is 2.37. The Morgan fingerprint density at radius 3 is 2.88 bits per heavy atom. The second-order valence-corrected chi connectivity index (χ2v) is 5.55. The lowest BCUT2D eigenvalue weighted by Gasteiger charge is -2.22. The average Bonchev–Trinajstić information content (AvgIpc) is 2.64. The van der Waals surface area contributed by atoms with Crippen molar-refractivity contribution >= 4 is 22.9 Å². The normalized spacial score (nSPS) is 13.0. The molecule has 0 amide bonds. The van der Waals surface area contributed by atoms with E-state index in [2.05, 4.69) is 11.5 Å². The fraction of sp³-hybridized carbons (Fsp3) is 0.500. The van der Waals surface area contributed by atoms with Crippen LogP contribution in [-0.4, -0.2) is 29.2 Å². The van der Waals surface area contributed by atoms with Crippen LogP contribution in [0.3, 0.4) is 0 Å². The summed E-state index contributed by atoms with van der Waals surface area (Å²) >= 11 is 7.47. The molecule has 4 heteroatoms. The predicted octanol–water partition coefficient (Wildman–Crippen LogP) is 3.16. The van der Waals surface area contributed by atoms with Gasteiger partial charge in [-0.2, -0.15) is 0 Å². The van der Waals surface area contributed by atoms with Gasteiger partial charge in [-0.15, -0.1) is 17.9 Å². The molecule has 0 aromatic carbocycles. The maximum atomic E-state index is 9.64. The third-order valence-electron chi connectivity index (χ3n) is 2.34. The molecule has 1 heterocycles. The van der Waals surface area contributed by atoms with Gasteiger partial charge in [0.25, 0.3) is 0 Å². The van der Waals surface area contributed by atoms with E-state index in [-0.39, 0.29) is 6.10 Å². The molecule has 0 bridgehead atoms. The van der Waals surface area contributed by atoms with Crippen LogP contribution >= 0.6 is 22.9 Å². The summed E-state index contributed by atoms with van der Waals surface area (Å²) < 4.78 is 0.810. The molecule has 1 rings (SSSR count). The molecule has 1 unspecified atom stereocenters. The van der Waals surface area contributed by atoms with Gasteiger partial charge in [0.15, 0.2) is 0 Å². The average molecular weight is 260 g/mol. The van der Waals surface area contributed by atoms with Crippen LogP contribution in [0.15, 0.2) is 24.8 Å². The summed E-state index contributed by atoms with van der Waals surface area (Å²) in [7, 11) is 0. The number of aliphatic hydroxyl groups is 1. The molecule has 0 spiro atoms. The van der Waals surface area contributed by atoms with Gasteiger partial charge in [0.05, 0.1) is 10.4 Å². The Labute approximate surface area is 106 Å². The summed E-state index contributed by atoms with van der Waals surface area (Å²) in [5, 5.41) is 9.64. The maximum Gasteiger partial charge on any atom is 0.0931 e. The van der Waals surface area contributed by atoms with Crippen molar-refractivity contribution in [3.8, 4) is 0 Å². The first kappa shape index (κ1) is 13.7. The summed E-state index contributed by atoms with van der Waals surface area (Å²) in [6.45, 7) is 8.00. The SMILES string of the molecule is C=CCN(Cc1ccc(Cl)s1)CC(O)CC. The van der Waals surface area contributed by atoms with Crippen molar-refractivity contribution in [3.63, 3.8) is 0 Å². The predicted molar refractivity (Wildman–Crippen MR) is 71.1 cm³/mol. The number of hydrogen-bond donors (Lipinski definition) is 1. The maximum absolute atomic E-state index is 9.64. The number of halogens is 1. The van der Waals surface area contributed by atoms with Crippen molar-refractivity contribution in [3.05, 3.63) is 34.0 Å². The number of hydrogen-bond acceptors (Lipinski definition) is 3. The summed E-state index contributed by atoms with van der Waals surface area (Å²) in [4.78, 5) is 3.39. The van der Waals surface area contributed by atoms with Crippen LogP contribution in [0, 0.1) is 0 Å². The van der Waals surface area contributed by atoms with E-state index in [4.69, 9.17) is 11.6 Å². The molecule has 0 saturated heterocycles. The molecule has 1 aromatic rings. The first-order valence-corrected chi connectivity index (χ1v) is 6.60. The largest absolute Gasteiger partial charge is 0.392 e. The number of rotatable bonds is 7. The Hall–Kier alpha value is -0.350. The van der Waals surface area contributed by atoms with Gasteiger partial charge in [-0.05, 0) is 18.6 Å². The molecule has 0 fully saturated rings. The second kappa shape index (κ2) is 7.07. The molecule has 1 aromatic heterocycles. The highest BCUT2D eigenvalue weighted by Gasteiger charge is 2.10. The molecule has 1 atom stereocenters. The summed E-state index contributed by atoms with van der Waals surface area (Å²) in [5.74, 6) is 0. The molecule has 1 N–H and O–H groups in total. The number of nitrogens with zero attached hydrogens (tertiary/aromatic N) is 1. The third-order valence-corrected chi connectivity index (χ3v) is 3.55. The molecule has 90 valence electrons. The highest BCUT2D eigenvalue weighted by Crippen LogP contribution is 2.22. The molecule has 0 radical (unpaired) electrons. The van der Waals surface area contributed by atoms with Gasteiger partial charge in [0.2, 0.25) is 0 Å². The van der Waals surface area contributed by atoms with Crippen molar-refractivity contribution in [2.45, 2.75) is 26.0 Å². The van der Waals surface area contributed by atoms with Gasteiger partial charge in [0, 0.05) is 24.5 Å². The molecule has 16 heavy (non-hydrogen) atoms. The highest BCUT2D eigenvalue weighted by atomic mass is 35.5. The van der Waals surface area contributed by atoms with Crippen LogP contribution in [0.5, 0.6) is 0 Å². The van der Waals surface area contributed by atoms with E-state index in [1.54, 1.807) is 11.3 Å². The first-order valence-electron chi connectivity index (χ1n) is 5.41. The van der Waals surface area contributed by atoms with E-state index in [1.165, 1.54) is 4.88 Å². The van der Waals surface area contributed by atoms with Gasteiger partial charge in [0.1, 0.15) is 0 Å². The smallest absolute Gasteiger partial charge is 0.0931 e. The molecule has 0 aliphatic carbocycles. The minimum absolute atomic E-state index is 0.268. The summed E-state index contributed by atoms with van der Waals surface area (Å²) in [5.41, 5.74) is 0. The Morgan fingerprint density at radius 1 is 1.62 bits per heavy atom. The van der Waals surface area contributed by atoms with Gasteiger partial charge in [-0.3, -0.25) is 4.90 Å². The number of thiophene rings is 1. The minimum Gasteiger partial charge on any atom is -0.392 e. The number of aliphatic hydroxyl groups excluding tert-OH is 1. The standard InChI is InChI=1S/C12H18ClNOS/c1-3-7-14(8-10(15)4-2)9-11-5-6-12(13)16-11/h3,5-6,10,15H,1,4,7-9H2,2H3. The van der Waals surface area contributed by atoms with Gasteiger partial charge in [-0.1, -0.05) is 24.6 Å². The van der Waals surface area contributed by atoms with E-state index in [9.17, 15) is 5.11 Å². The van der Waals surface area contributed by atoms with Crippen LogP contribution in [0.4, 0.5) is 0 Å². The fourth-order valence-electron chi connectivity index (χ4n) is 1.47. The second-order valence-electron chi connectivity index (χ2n) is 3.75. The lowest BCUT2D eigenvalue weighted by atomic mass is 10.2. The Kier molecular flexibility index (Phi) is 6.06. The lowest BCUT2D eigenvalue weighted by Crippen LogP contribution is -2.31. The lowest BCUT2D eigenvalue weighted by molar-refractivity contribution is 0.112.